The minimum atomic E-state index is -1.36. The molecule has 3 heterocycles. The third-order valence-corrected chi connectivity index (χ3v) is 11.8. The van der Waals surface area contributed by atoms with Crippen LogP contribution in [0, 0.1) is 23.7 Å². The van der Waals surface area contributed by atoms with Crippen molar-refractivity contribution in [3.8, 4) is 0 Å². The van der Waals surface area contributed by atoms with Crippen molar-refractivity contribution >= 4 is 18.0 Å². The lowest BCUT2D eigenvalue weighted by Crippen LogP contribution is -2.63. The highest BCUT2D eigenvalue weighted by molar-refractivity contribution is 5.82. The molecule has 3 rings (SSSR count). The summed E-state index contributed by atoms with van der Waals surface area (Å²) in [6.07, 6.45) is -10.1. The number of carbonyl (C=O) groups excluding carboxylic acids is 2. The molecule has 3 aliphatic heterocycles. The smallest absolute Gasteiger partial charge is 0.308 e. The molecule has 0 bridgehead atoms. The highest BCUT2D eigenvalue weighted by Crippen LogP contribution is 2.35. The number of nitrogens with zero attached hydrogens (tertiary/aromatic N) is 2. The van der Waals surface area contributed by atoms with Crippen molar-refractivity contribution in [2.75, 3.05) is 34.9 Å². The number of hydrogen-bond donors (Lipinski definition) is 6. The molecular formula is C39H68N2O15. The molecule has 2 saturated heterocycles. The third kappa shape index (κ3) is 12.0. The van der Waals surface area contributed by atoms with E-state index in [1.165, 1.54) is 20.4 Å². The number of oxime groups is 1. The standard InChI is InChI=1S/C39H68N2O15/c1-11-28-25(18-52-39-37(51-10)36(50-9)33(47)23(6)54-39)31(45)19(2)12-13-26(42)20(3)16-24(14-15-40-49)35(21(4)27(43)17-29(44)55-28)56-38-34(48)30(41(7)8)32(46)22(5)53-38/h12,15,20-25,27-28,30-39,43,45-49H,11,13-14,16-18H2,1-10H3/b19-12-,40-15-/t20-,21+,22-,23-,24?,25-,27-,28-,30+,31?,32-,33-,34-,35-,36-,37-,38+,39-/m1/s1. The molecular weight excluding hydrogens is 736 g/mol. The molecule has 2 unspecified atom stereocenters. The predicted octanol–water partition coefficient (Wildman–Crippen LogP) is 1.02. The van der Waals surface area contributed by atoms with Crippen molar-refractivity contribution in [1.29, 1.82) is 0 Å². The van der Waals surface area contributed by atoms with Gasteiger partial charge in [0.1, 0.15) is 36.3 Å². The molecule has 0 amide bonds. The topological polar surface area (TPSA) is 236 Å². The zero-order valence-corrected chi connectivity index (χ0v) is 34.5. The second-order valence-corrected chi connectivity index (χ2v) is 15.9. The number of ketones is 1. The van der Waals surface area contributed by atoms with E-state index in [4.69, 9.17) is 33.2 Å². The fraction of sp³-hybridized carbons (Fsp3) is 0.872. The number of aliphatic hydroxyl groups excluding tert-OH is 5. The first-order valence-electron chi connectivity index (χ1n) is 19.7. The molecule has 6 N–H and O–H groups in total. The van der Waals surface area contributed by atoms with Gasteiger partial charge in [-0.1, -0.05) is 26.8 Å². The summed E-state index contributed by atoms with van der Waals surface area (Å²) in [6.45, 7) is 10.0. The van der Waals surface area contributed by atoms with Gasteiger partial charge >= 0.3 is 5.97 Å². The van der Waals surface area contributed by atoms with Crippen molar-refractivity contribution in [1.82, 2.24) is 4.90 Å². The van der Waals surface area contributed by atoms with Crippen LogP contribution in [0.2, 0.25) is 0 Å². The third-order valence-electron chi connectivity index (χ3n) is 11.8. The highest BCUT2D eigenvalue weighted by Gasteiger charge is 2.48. The number of methoxy groups -OCH3 is 2. The van der Waals surface area contributed by atoms with E-state index in [-0.39, 0.29) is 38.1 Å². The van der Waals surface area contributed by atoms with Gasteiger partial charge in [-0.15, -0.1) is 5.16 Å². The van der Waals surface area contributed by atoms with Gasteiger partial charge in [-0.05, 0) is 65.6 Å². The molecule has 17 heteroatoms. The zero-order valence-electron chi connectivity index (χ0n) is 34.5. The summed E-state index contributed by atoms with van der Waals surface area (Å²) in [7, 11) is 6.29. The van der Waals surface area contributed by atoms with Crippen LogP contribution in [0.15, 0.2) is 16.8 Å². The van der Waals surface area contributed by atoms with E-state index in [1.807, 2.05) is 0 Å². The van der Waals surface area contributed by atoms with Crippen molar-refractivity contribution < 1.29 is 73.5 Å². The van der Waals surface area contributed by atoms with E-state index in [2.05, 4.69) is 5.16 Å². The maximum absolute atomic E-state index is 13.7. The number of aliphatic hydroxyl groups is 5. The Morgan fingerprint density at radius 3 is 2.12 bits per heavy atom. The van der Waals surface area contributed by atoms with Crippen molar-refractivity contribution in [3.63, 3.8) is 0 Å². The van der Waals surface area contributed by atoms with Gasteiger partial charge in [0, 0.05) is 44.6 Å². The molecule has 3 aliphatic rings. The molecule has 0 aromatic rings. The normalized spacial score (nSPS) is 43.8. The lowest BCUT2D eigenvalue weighted by atomic mass is 9.79. The lowest BCUT2D eigenvalue weighted by molar-refractivity contribution is -0.306. The number of Topliss-reactive ketones (excluding diaryl/α,β-unsaturated/α-hetero) is 1. The van der Waals surface area contributed by atoms with E-state index < -0.39 is 122 Å². The predicted molar refractivity (Wildman–Crippen MR) is 202 cm³/mol. The van der Waals surface area contributed by atoms with Crippen LogP contribution >= 0.6 is 0 Å². The second kappa shape index (κ2) is 22.3. The Balaban J connectivity index is 1.99. The van der Waals surface area contributed by atoms with Crippen LogP contribution in [-0.2, 0) is 42.7 Å². The largest absolute Gasteiger partial charge is 0.462 e. The Hall–Kier alpha value is -2.13. The summed E-state index contributed by atoms with van der Waals surface area (Å²) in [5.74, 6) is -3.73. The molecule has 324 valence electrons. The first-order chi connectivity index (χ1) is 26.4. The zero-order chi connectivity index (χ0) is 42.0. The van der Waals surface area contributed by atoms with Crippen LogP contribution in [0.25, 0.3) is 0 Å². The molecule has 0 saturated carbocycles. The number of carbonyl (C=O) groups is 2. The maximum atomic E-state index is 13.7. The van der Waals surface area contributed by atoms with Gasteiger partial charge in [0.2, 0.25) is 0 Å². The number of likely N-dealkylation sites (N-methyl/N-ethyl adjacent to an activating group) is 1. The van der Waals surface area contributed by atoms with Crippen LogP contribution in [0.1, 0.15) is 73.6 Å². The fourth-order valence-corrected chi connectivity index (χ4v) is 8.12. The van der Waals surface area contributed by atoms with Crippen molar-refractivity contribution in [3.05, 3.63) is 11.6 Å². The SMILES string of the molecule is CC[C@H]1OC(=O)C[C@@H](O)[C@H](C)[C@@H](O[C@@H]2O[C@H](C)[C@@H](O)[C@H](N(C)C)[C@H]2O)C(C/C=N\O)C[C@@H](C)C(=O)C/C=C(/C)C(O)[C@@H]1CO[C@@H]1O[C@H](C)[C@@H](O)[C@@H](OC)[C@H]1OC. The summed E-state index contributed by atoms with van der Waals surface area (Å²) < 4.78 is 41.6. The van der Waals surface area contributed by atoms with E-state index in [1.54, 1.807) is 66.6 Å². The van der Waals surface area contributed by atoms with E-state index in [0.717, 1.165) is 0 Å². The molecule has 0 radical (unpaired) electrons. The maximum Gasteiger partial charge on any atom is 0.308 e. The molecule has 0 aliphatic carbocycles. The van der Waals surface area contributed by atoms with Gasteiger partial charge in [-0.2, -0.15) is 0 Å². The Labute approximate surface area is 330 Å². The molecule has 56 heavy (non-hydrogen) atoms. The molecule has 18 atom stereocenters. The fourth-order valence-electron chi connectivity index (χ4n) is 8.12. The summed E-state index contributed by atoms with van der Waals surface area (Å²) in [5, 5.41) is 68.7. The Morgan fingerprint density at radius 2 is 1.54 bits per heavy atom. The minimum absolute atomic E-state index is 0.0362. The van der Waals surface area contributed by atoms with Crippen LogP contribution < -0.4 is 0 Å². The highest BCUT2D eigenvalue weighted by atomic mass is 16.7. The minimum Gasteiger partial charge on any atom is -0.462 e. The average molecular weight is 805 g/mol. The summed E-state index contributed by atoms with van der Waals surface area (Å²) in [6, 6.07) is -0.752. The number of esters is 1. The molecule has 0 aromatic heterocycles. The molecule has 17 nitrogen and oxygen atoms in total. The first kappa shape index (κ1) is 48.2. The van der Waals surface area contributed by atoms with Gasteiger partial charge in [-0.25, -0.2) is 0 Å². The quantitative estimate of drug-likeness (QED) is 0.0562. The Bertz CT molecular complexity index is 1290. The second-order valence-electron chi connectivity index (χ2n) is 15.9. The van der Waals surface area contributed by atoms with Crippen molar-refractivity contribution in [2.45, 2.75) is 159 Å². The molecule has 0 spiro atoms. The number of rotatable bonds is 11. The van der Waals surface area contributed by atoms with Gasteiger partial charge in [0.05, 0.1) is 55.7 Å². The monoisotopic (exact) mass is 804 g/mol. The molecule has 2 fully saturated rings. The Morgan fingerprint density at radius 1 is 0.911 bits per heavy atom. The number of hydrogen-bond acceptors (Lipinski definition) is 17. The van der Waals surface area contributed by atoms with Crippen LogP contribution in [-0.4, -0.2) is 174 Å². The van der Waals surface area contributed by atoms with Gasteiger partial charge in [0.25, 0.3) is 0 Å². The summed E-state index contributed by atoms with van der Waals surface area (Å²) >= 11 is 0. The van der Waals surface area contributed by atoms with Gasteiger partial charge in [0.15, 0.2) is 12.6 Å². The summed E-state index contributed by atoms with van der Waals surface area (Å²) in [4.78, 5) is 29.0. The lowest BCUT2D eigenvalue weighted by Gasteiger charge is -2.46. The van der Waals surface area contributed by atoms with E-state index in [0.29, 0.717) is 5.57 Å². The van der Waals surface area contributed by atoms with Crippen molar-refractivity contribution in [2.24, 2.45) is 28.8 Å². The van der Waals surface area contributed by atoms with E-state index in [9.17, 15) is 40.3 Å². The van der Waals surface area contributed by atoms with E-state index >= 15 is 0 Å². The Kier molecular flexibility index (Phi) is 19.2. The van der Waals surface area contributed by atoms with Crippen LogP contribution in [0.3, 0.4) is 0 Å². The van der Waals surface area contributed by atoms with Crippen LogP contribution in [0.5, 0.6) is 0 Å². The first-order valence-corrected chi connectivity index (χ1v) is 19.7. The summed E-state index contributed by atoms with van der Waals surface area (Å²) in [5.41, 5.74) is 0.446. The van der Waals surface area contributed by atoms with Gasteiger partial charge in [-0.3, -0.25) is 9.59 Å². The number of ether oxygens (including phenoxy) is 7. The average Bonchev–Trinajstić information content (AvgIpc) is 3.15. The number of allylic oxidation sites excluding steroid dienone is 1. The van der Waals surface area contributed by atoms with Crippen LogP contribution in [0.4, 0.5) is 0 Å². The number of cyclic esters (lactones) is 1. The van der Waals surface area contributed by atoms with Gasteiger partial charge < -0.3 is 68.8 Å². The molecule has 0 aromatic carbocycles.